The largest absolute Gasteiger partial charge is 0.481 e. The van der Waals surface area contributed by atoms with Crippen LogP contribution < -0.4 is 5.32 Å². The zero-order valence-corrected chi connectivity index (χ0v) is 20.5. The van der Waals surface area contributed by atoms with Crippen molar-refractivity contribution in [3.63, 3.8) is 0 Å². The Morgan fingerprint density at radius 3 is 2.05 bits per heavy atom. The molecule has 4 aromatic carbocycles. The molecule has 1 aliphatic rings. The number of furan rings is 1. The molecule has 1 aromatic heterocycles. The Balaban J connectivity index is 1.25. The number of para-hydroxylation sites is 1. The molecule has 6 nitrogen and oxygen atoms in total. The van der Waals surface area contributed by atoms with Crippen LogP contribution in [0.2, 0.25) is 0 Å². The van der Waals surface area contributed by atoms with Crippen LogP contribution in [0.4, 0.5) is 10.7 Å². The molecular formula is C32H25NO5. The number of carboxylic acids is 1. The van der Waals surface area contributed by atoms with Gasteiger partial charge in [-0.3, -0.25) is 10.1 Å². The number of rotatable bonds is 7. The fourth-order valence-corrected chi connectivity index (χ4v) is 4.83. The molecule has 6 heteroatoms. The monoisotopic (exact) mass is 503 g/mol. The molecule has 0 aliphatic heterocycles. The van der Waals surface area contributed by atoms with Crippen LogP contribution in [0, 0.1) is 0 Å². The third kappa shape index (κ3) is 4.41. The fraction of sp³-hybridized carbons (Fsp3) is 0.125. The van der Waals surface area contributed by atoms with E-state index in [-0.39, 0.29) is 6.61 Å². The minimum atomic E-state index is -0.754. The molecule has 1 aliphatic carbocycles. The van der Waals surface area contributed by atoms with Crippen LogP contribution in [0.1, 0.15) is 24.0 Å². The van der Waals surface area contributed by atoms with Gasteiger partial charge in [0.25, 0.3) is 0 Å². The Kier molecular flexibility index (Phi) is 5.92. The third-order valence-electron chi connectivity index (χ3n) is 7.13. The van der Waals surface area contributed by atoms with Gasteiger partial charge in [-0.25, -0.2) is 4.79 Å². The van der Waals surface area contributed by atoms with Gasteiger partial charge in [-0.15, -0.1) is 0 Å². The first-order valence-electron chi connectivity index (χ1n) is 12.5. The van der Waals surface area contributed by atoms with Crippen LogP contribution in [0.5, 0.6) is 0 Å². The van der Waals surface area contributed by atoms with Crippen LogP contribution >= 0.6 is 0 Å². The van der Waals surface area contributed by atoms with Gasteiger partial charge in [-0.2, -0.15) is 0 Å². The minimum absolute atomic E-state index is 0.156. The summed E-state index contributed by atoms with van der Waals surface area (Å²) in [5.41, 5.74) is 5.36. The standard InChI is InChI=1S/C32H25NO5/c34-30(35)32(18-19-32)25-16-14-23(15-17-25)22-10-12-24(13-11-22)28-26-8-4-5-9-27(26)38-29(28)33-31(36)37-20-21-6-2-1-3-7-21/h1-17H,18-20H2,(H,33,36)(H,34,35). The third-order valence-corrected chi connectivity index (χ3v) is 7.13. The lowest BCUT2D eigenvalue weighted by Gasteiger charge is -2.11. The van der Waals surface area contributed by atoms with Crippen molar-refractivity contribution >= 4 is 28.9 Å². The summed E-state index contributed by atoms with van der Waals surface area (Å²) < 4.78 is 11.4. The maximum Gasteiger partial charge on any atom is 0.414 e. The number of amides is 1. The number of nitrogens with one attached hydrogen (secondary N) is 1. The van der Waals surface area contributed by atoms with E-state index in [1.807, 2.05) is 103 Å². The molecule has 0 atom stereocenters. The highest BCUT2D eigenvalue weighted by Crippen LogP contribution is 2.48. The van der Waals surface area contributed by atoms with Gasteiger partial charge in [0.05, 0.1) is 11.0 Å². The number of carbonyl (C=O) groups is 2. The first-order valence-corrected chi connectivity index (χ1v) is 12.5. The summed E-state index contributed by atoms with van der Waals surface area (Å²) in [6.07, 6.45) is 0.775. The SMILES string of the molecule is O=C(Nc1oc2ccccc2c1-c1ccc(-c2ccc(C3(C(=O)O)CC3)cc2)cc1)OCc1ccccc1. The van der Waals surface area contributed by atoms with Gasteiger partial charge in [-0.1, -0.05) is 97.1 Å². The van der Waals surface area contributed by atoms with Crippen molar-refractivity contribution in [1.82, 2.24) is 0 Å². The number of carbonyl (C=O) groups excluding carboxylic acids is 1. The highest BCUT2D eigenvalue weighted by atomic mass is 16.5. The van der Waals surface area contributed by atoms with Crippen LogP contribution in [-0.4, -0.2) is 17.2 Å². The molecule has 1 heterocycles. The maximum absolute atomic E-state index is 12.6. The molecule has 188 valence electrons. The van der Waals surface area contributed by atoms with Crippen molar-refractivity contribution < 1.29 is 23.8 Å². The lowest BCUT2D eigenvalue weighted by molar-refractivity contribution is -0.140. The second-order valence-corrected chi connectivity index (χ2v) is 9.53. The van der Waals surface area contributed by atoms with Gasteiger partial charge in [0, 0.05) is 5.39 Å². The lowest BCUT2D eigenvalue weighted by Crippen LogP contribution is -2.19. The molecule has 2 N–H and O–H groups in total. The van der Waals surface area contributed by atoms with Crippen molar-refractivity contribution in [2.45, 2.75) is 24.9 Å². The first kappa shape index (κ1) is 23.6. The summed E-state index contributed by atoms with van der Waals surface area (Å²) in [7, 11) is 0. The van der Waals surface area contributed by atoms with Crippen molar-refractivity contribution in [1.29, 1.82) is 0 Å². The smallest absolute Gasteiger partial charge is 0.414 e. The number of ether oxygens (including phenoxy) is 1. The summed E-state index contributed by atoms with van der Waals surface area (Å²) in [6.45, 7) is 0.156. The predicted molar refractivity (Wildman–Crippen MR) is 146 cm³/mol. The van der Waals surface area contributed by atoms with Crippen LogP contribution in [-0.2, 0) is 21.6 Å². The number of hydrogen-bond donors (Lipinski definition) is 2. The second-order valence-electron chi connectivity index (χ2n) is 9.53. The van der Waals surface area contributed by atoms with Crippen molar-refractivity contribution in [3.8, 4) is 22.3 Å². The Hall–Kier alpha value is -4.84. The summed E-state index contributed by atoms with van der Waals surface area (Å²) >= 11 is 0. The molecule has 6 rings (SSSR count). The normalized spacial score (nSPS) is 13.7. The first-order chi connectivity index (χ1) is 18.5. The number of carboxylic acid groups (broad SMARTS) is 1. The summed E-state index contributed by atoms with van der Waals surface area (Å²) in [5, 5.41) is 13.2. The van der Waals surface area contributed by atoms with E-state index >= 15 is 0 Å². The molecule has 0 radical (unpaired) electrons. The number of benzene rings is 4. The van der Waals surface area contributed by atoms with Crippen molar-refractivity contribution in [2.24, 2.45) is 0 Å². The molecule has 1 fully saturated rings. The number of aliphatic carboxylic acids is 1. The molecule has 38 heavy (non-hydrogen) atoms. The van der Waals surface area contributed by atoms with Crippen molar-refractivity contribution in [2.75, 3.05) is 5.32 Å². The summed E-state index contributed by atoms with van der Waals surface area (Å²) in [4.78, 5) is 24.2. The minimum Gasteiger partial charge on any atom is -0.481 e. The molecule has 0 bridgehead atoms. The zero-order chi connectivity index (χ0) is 26.1. The van der Waals surface area contributed by atoms with E-state index in [1.165, 1.54) is 0 Å². The van der Waals surface area contributed by atoms with E-state index in [2.05, 4.69) is 5.32 Å². The van der Waals surface area contributed by atoms with Gasteiger partial charge in [0.15, 0.2) is 0 Å². The van der Waals surface area contributed by atoms with E-state index < -0.39 is 17.5 Å². The zero-order valence-electron chi connectivity index (χ0n) is 20.5. The van der Waals surface area contributed by atoms with Gasteiger partial charge >= 0.3 is 12.1 Å². The van der Waals surface area contributed by atoms with E-state index in [0.29, 0.717) is 24.3 Å². The molecule has 0 saturated heterocycles. The van der Waals surface area contributed by atoms with Crippen LogP contribution in [0.25, 0.3) is 33.2 Å². The number of fused-ring (bicyclic) bond motifs is 1. The lowest BCUT2D eigenvalue weighted by atomic mass is 9.93. The average molecular weight is 504 g/mol. The van der Waals surface area contributed by atoms with E-state index in [4.69, 9.17) is 9.15 Å². The van der Waals surface area contributed by atoms with E-state index in [1.54, 1.807) is 0 Å². The molecule has 0 spiro atoms. The molecule has 1 saturated carbocycles. The van der Waals surface area contributed by atoms with Gasteiger partial charge in [0.2, 0.25) is 5.88 Å². The molecule has 0 unspecified atom stereocenters. The second kappa shape index (κ2) is 9.56. The average Bonchev–Trinajstić information content (AvgIpc) is 3.69. The molecule has 1 amide bonds. The van der Waals surface area contributed by atoms with E-state index in [0.717, 1.165) is 38.8 Å². The Labute approximate surface area is 219 Å². The van der Waals surface area contributed by atoms with Crippen LogP contribution in [0.3, 0.4) is 0 Å². The summed E-state index contributed by atoms with van der Waals surface area (Å²) in [5.74, 6) is -0.430. The Morgan fingerprint density at radius 2 is 1.39 bits per heavy atom. The predicted octanol–water partition coefficient (Wildman–Crippen LogP) is 7.63. The fourth-order valence-electron chi connectivity index (χ4n) is 4.83. The molecular weight excluding hydrogens is 478 g/mol. The number of anilines is 1. The maximum atomic E-state index is 12.6. The molecule has 5 aromatic rings. The van der Waals surface area contributed by atoms with Crippen LogP contribution in [0.15, 0.2) is 108 Å². The summed E-state index contributed by atoms with van der Waals surface area (Å²) in [6, 6.07) is 32.9. The highest BCUT2D eigenvalue weighted by molar-refractivity contribution is 6.03. The topological polar surface area (TPSA) is 88.8 Å². The van der Waals surface area contributed by atoms with Gasteiger partial charge < -0.3 is 14.3 Å². The Morgan fingerprint density at radius 1 is 0.789 bits per heavy atom. The van der Waals surface area contributed by atoms with E-state index in [9.17, 15) is 14.7 Å². The number of hydrogen-bond acceptors (Lipinski definition) is 4. The van der Waals surface area contributed by atoms with Gasteiger partial charge in [0.1, 0.15) is 12.2 Å². The Bertz CT molecular complexity index is 1610. The van der Waals surface area contributed by atoms with Gasteiger partial charge in [-0.05, 0) is 46.7 Å². The highest BCUT2D eigenvalue weighted by Gasteiger charge is 2.51. The quantitative estimate of drug-likeness (QED) is 0.238. The van der Waals surface area contributed by atoms with Crippen molar-refractivity contribution in [3.05, 3.63) is 114 Å².